The lowest BCUT2D eigenvalue weighted by molar-refractivity contribution is -0.145. The quantitative estimate of drug-likeness (QED) is 0.0805. The number of sulfone groups is 2. The van der Waals surface area contributed by atoms with Crippen molar-refractivity contribution in [1.29, 1.82) is 0 Å². The second kappa shape index (κ2) is 18.6. The molecule has 1 heterocycles. The molecule has 1 amide bonds. The molecule has 19 heteroatoms. The standard InChI is InChI=1S/C27H26F2N2O6S.C17H14F2O5S/c1-27(2,3)37-26(33)17-6-13-23(30-15-17)31-25(32)24(36-22-12-7-18(28)14-21(22)29)16-4-8-19(9-5-16)38(34,35)20-10-11-20;18-11-3-8-15(14(19)9-11)24-16(17(20)21)10-1-4-12(5-2-10)25(22,23)13-6-7-13/h4-9,12-15,20,24H,10-11H2,1-3H3,(H,30,31,32);1-5,8-9,13,16H,6-7H2,(H,20,21). The van der Waals surface area contributed by atoms with Crippen molar-refractivity contribution in [2.24, 2.45) is 0 Å². The zero-order valence-electron chi connectivity index (χ0n) is 33.8. The Bertz CT molecular complexity index is 2720. The number of hydrogen-bond acceptors (Lipinski definition) is 11. The van der Waals surface area contributed by atoms with Crippen molar-refractivity contribution in [3.8, 4) is 11.5 Å². The Balaban J connectivity index is 0.000000228. The Labute approximate surface area is 359 Å². The van der Waals surface area contributed by atoms with Gasteiger partial charge < -0.3 is 24.6 Å². The van der Waals surface area contributed by atoms with E-state index in [4.69, 9.17) is 14.2 Å². The first-order valence-corrected chi connectivity index (χ1v) is 22.4. The van der Waals surface area contributed by atoms with Crippen molar-refractivity contribution >= 4 is 43.3 Å². The fourth-order valence-electron chi connectivity index (χ4n) is 5.85. The molecule has 2 aliphatic rings. The maximum Gasteiger partial charge on any atom is 0.349 e. The van der Waals surface area contributed by atoms with Crippen LogP contribution in [-0.2, 0) is 34.0 Å². The molecule has 0 spiro atoms. The largest absolute Gasteiger partial charge is 0.478 e. The molecule has 7 rings (SSSR count). The number of rotatable bonds is 14. The van der Waals surface area contributed by atoms with E-state index in [9.17, 15) is 53.9 Å². The van der Waals surface area contributed by atoms with Crippen molar-refractivity contribution < 1.29 is 68.1 Å². The molecule has 1 aromatic heterocycles. The minimum absolute atomic E-state index is 0.0726. The predicted octanol–water partition coefficient (Wildman–Crippen LogP) is 8.12. The molecule has 0 bridgehead atoms. The maximum absolute atomic E-state index is 14.3. The molecule has 2 fully saturated rings. The van der Waals surface area contributed by atoms with Gasteiger partial charge in [-0.2, -0.15) is 0 Å². The summed E-state index contributed by atoms with van der Waals surface area (Å²) in [5.41, 5.74) is -0.151. The van der Waals surface area contributed by atoms with E-state index in [-0.39, 0.29) is 43.3 Å². The van der Waals surface area contributed by atoms with E-state index < -0.39 is 89.6 Å². The van der Waals surface area contributed by atoms with Crippen molar-refractivity contribution in [2.75, 3.05) is 5.32 Å². The fraction of sp³-hybridized carbons (Fsp3) is 0.273. The number of carbonyl (C=O) groups is 3. The van der Waals surface area contributed by atoms with Crippen LogP contribution in [-0.4, -0.2) is 60.9 Å². The van der Waals surface area contributed by atoms with Gasteiger partial charge in [0.2, 0.25) is 12.2 Å². The number of nitrogens with one attached hydrogen (secondary N) is 1. The van der Waals surface area contributed by atoms with Crippen LogP contribution in [0.5, 0.6) is 11.5 Å². The van der Waals surface area contributed by atoms with Crippen molar-refractivity contribution in [1.82, 2.24) is 4.98 Å². The summed E-state index contributed by atoms with van der Waals surface area (Å²) in [7, 11) is -6.85. The smallest absolute Gasteiger partial charge is 0.349 e. The molecule has 2 N–H and O–H groups in total. The van der Waals surface area contributed by atoms with E-state index in [0.717, 1.165) is 24.3 Å². The van der Waals surface area contributed by atoms with Crippen LogP contribution < -0.4 is 14.8 Å². The van der Waals surface area contributed by atoms with Crippen LogP contribution in [0.3, 0.4) is 0 Å². The zero-order chi connectivity index (χ0) is 45.9. The summed E-state index contributed by atoms with van der Waals surface area (Å²) in [6, 6.07) is 18.8. The van der Waals surface area contributed by atoms with Gasteiger partial charge in [0, 0.05) is 29.5 Å². The zero-order valence-corrected chi connectivity index (χ0v) is 35.4. The lowest BCUT2D eigenvalue weighted by Gasteiger charge is -2.20. The number of aliphatic carboxylic acids is 1. The monoisotopic (exact) mass is 912 g/mol. The third-order valence-electron chi connectivity index (χ3n) is 9.34. The summed E-state index contributed by atoms with van der Waals surface area (Å²) in [6.45, 7) is 5.18. The van der Waals surface area contributed by atoms with Crippen LogP contribution in [0.1, 0.15) is 80.1 Å². The number of amides is 1. The summed E-state index contributed by atoms with van der Waals surface area (Å²) >= 11 is 0. The predicted molar refractivity (Wildman–Crippen MR) is 218 cm³/mol. The molecule has 332 valence electrons. The Morgan fingerprint density at radius 3 is 1.49 bits per heavy atom. The van der Waals surface area contributed by atoms with Crippen LogP contribution in [0.4, 0.5) is 23.4 Å². The number of benzene rings is 4. The van der Waals surface area contributed by atoms with Crippen molar-refractivity contribution in [2.45, 2.75) is 84.6 Å². The number of carboxylic acids is 1. The Morgan fingerprint density at radius 2 is 1.11 bits per heavy atom. The van der Waals surface area contributed by atoms with E-state index in [1.165, 1.54) is 66.9 Å². The number of carboxylic acid groups (broad SMARTS) is 1. The van der Waals surface area contributed by atoms with Crippen LogP contribution in [0, 0.1) is 23.3 Å². The number of halogens is 4. The Morgan fingerprint density at radius 1 is 0.667 bits per heavy atom. The normalized spacial score (nSPS) is 14.9. The van der Waals surface area contributed by atoms with Gasteiger partial charge >= 0.3 is 11.9 Å². The molecule has 0 saturated heterocycles. The highest BCUT2D eigenvalue weighted by Crippen LogP contribution is 2.36. The van der Waals surface area contributed by atoms with Gasteiger partial charge in [-0.3, -0.25) is 4.79 Å². The third-order valence-corrected chi connectivity index (χ3v) is 13.9. The van der Waals surface area contributed by atoms with Gasteiger partial charge in [-0.25, -0.2) is 49.0 Å². The van der Waals surface area contributed by atoms with Gasteiger partial charge in [0.25, 0.3) is 5.91 Å². The number of carbonyl (C=O) groups excluding carboxylic acids is 2. The maximum atomic E-state index is 14.3. The van der Waals surface area contributed by atoms with Gasteiger partial charge in [-0.15, -0.1) is 0 Å². The van der Waals surface area contributed by atoms with Gasteiger partial charge in [0.1, 0.15) is 23.1 Å². The van der Waals surface area contributed by atoms with Gasteiger partial charge in [-0.1, -0.05) is 24.3 Å². The van der Waals surface area contributed by atoms with E-state index in [0.29, 0.717) is 37.8 Å². The number of pyridine rings is 1. The van der Waals surface area contributed by atoms with E-state index >= 15 is 0 Å². The molecule has 63 heavy (non-hydrogen) atoms. The lowest BCUT2D eigenvalue weighted by Crippen LogP contribution is -2.27. The first-order chi connectivity index (χ1) is 29.6. The molecule has 0 aliphatic heterocycles. The molecular formula is C44H40F4N2O11S2. The fourth-order valence-corrected chi connectivity index (χ4v) is 9.17. The second-order valence-electron chi connectivity index (χ2n) is 15.5. The molecule has 2 unspecified atom stereocenters. The second-order valence-corrected chi connectivity index (χ2v) is 20.0. The van der Waals surface area contributed by atoms with Crippen LogP contribution in [0.25, 0.3) is 0 Å². The molecule has 0 radical (unpaired) electrons. The van der Waals surface area contributed by atoms with Crippen LogP contribution in [0.2, 0.25) is 0 Å². The molecule has 2 aliphatic carbocycles. The SMILES string of the molecule is CC(C)(C)OC(=O)c1ccc(NC(=O)C(Oc2ccc(F)cc2F)c2ccc(S(=O)(=O)C3CC3)cc2)nc1.O=C(O)C(Oc1ccc(F)cc1F)c1ccc(S(=O)(=O)C2CC2)cc1. The number of aromatic nitrogens is 1. The van der Waals surface area contributed by atoms with E-state index in [2.05, 4.69) is 10.3 Å². The van der Waals surface area contributed by atoms with Gasteiger partial charge in [-0.05, 0) is 107 Å². The van der Waals surface area contributed by atoms with Crippen molar-refractivity contribution in [3.05, 3.63) is 143 Å². The highest BCUT2D eigenvalue weighted by atomic mass is 32.2. The summed E-state index contributed by atoms with van der Waals surface area (Å²) in [4.78, 5) is 41.2. The number of nitrogens with zero attached hydrogens (tertiary/aromatic N) is 1. The topological polar surface area (TPSA) is 192 Å². The molecule has 5 aromatic rings. The number of esters is 1. The van der Waals surface area contributed by atoms with Crippen LogP contribution >= 0.6 is 0 Å². The molecule has 4 aromatic carbocycles. The average Bonchev–Trinajstić information content (AvgIpc) is 4.14. The molecule has 13 nitrogen and oxygen atoms in total. The number of ether oxygens (including phenoxy) is 3. The first-order valence-electron chi connectivity index (χ1n) is 19.3. The summed E-state index contributed by atoms with van der Waals surface area (Å²) in [5, 5.41) is 11.1. The number of anilines is 1. The van der Waals surface area contributed by atoms with Crippen molar-refractivity contribution in [3.63, 3.8) is 0 Å². The van der Waals surface area contributed by atoms with Crippen LogP contribution in [0.15, 0.2) is 113 Å². The lowest BCUT2D eigenvalue weighted by atomic mass is 10.1. The number of hydrogen-bond donors (Lipinski definition) is 2. The minimum atomic E-state index is -3.46. The highest BCUT2D eigenvalue weighted by molar-refractivity contribution is 7.92. The first kappa shape index (κ1) is 46.2. The third kappa shape index (κ3) is 11.8. The minimum Gasteiger partial charge on any atom is -0.478 e. The van der Waals surface area contributed by atoms with Gasteiger partial charge in [0.05, 0.1) is 25.9 Å². The van der Waals surface area contributed by atoms with E-state index in [1.54, 1.807) is 20.8 Å². The molecule has 2 atom stereocenters. The molecular weight excluding hydrogens is 873 g/mol. The van der Waals surface area contributed by atoms with Gasteiger partial charge in [0.15, 0.2) is 42.8 Å². The summed E-state index contributed by atoms with van der Waals surface area (Å²) < 4.78 is 120. The average molecular weight is 913 g/mol. The Hall–Kier alpha value is -6.34. The summed E-state index contributed by atoms with van der Waals surface area (Å²) in [5.74, 6) is -7.13. The molecule has 2 saturated carbocycles. The highest BCUT2D eigenvalue weighted by Gasteiger charge is 2.38. The van der Waals surface area contributed by atoms with E-state index in [1.807, 2.05) is 0 Å². The summed E-state index contributed by atoms with van der Waals surface area (Å²) in [6.07, 6.45) is 0.668. The Kier molecular flexibility index (Phi) is 13.6.